The van der Waals surface area contributed by atoms with Crippen LogP contribution < -0.4 is 4.74 Å². The average molecular weight is 255 g/mol. The lowest BCUT2D eigenvalue weighted by Gasteiger charge is -2.38. The summed E-state index contributed by atoms with van der Waals surface area (Å²) in [5, 5.41) is 0. The number of pyridine rings is 1. The topological polar surface area (TPSA) is 22.1 Å². The van der Waals surface area contributed by atoms with Gasteiger partial charge in [-0.3, -0.25) is 0 Å². The molecule has 18 heavy (non-hydrogen) atoms. The molecule has 1 aromatic heterocycles. The molecule has 0 radical (unpaired) electrons. The summed E-state index contributed by atoms with van der Waals surface area (Å²) in [5.41, 5.74) is -0.511. The molecule has 1 aromatic rings. The van der Waals surface area contributed by atoms with Gasteiger partial charge in [-0.05, 0) is 24.0 Å². The van der Waals surface area contributed by atoms with Crippen molar-refractivity contribution < 1.29 is 13.5 Å². The maximum atomic E-state index is 13.8. The van der Waals surface area contributed by atoms with Gasteiger partial charge < -0.3 is 4.74 Å². The van der Waals surface area contributed by atoms with E-state index in [1.165, 1.54) is 13.0 Å². The van der Waals surface area contributed by atoms with Gasteiger partial charge in [0.15, 0.2) is 5.82 Å². The molecule has 1 heterocycles. The van der Waals surface area contributed by atoms with E-state index in [9.17, 15) is 8.78 Å². The second kappa shape index (κ2) is 4.18. The number of hydrogen-bond donors (Lipinski definition) is 0. The highest BCUT2D eigenvalue weighted by molar-refractivity contribution is 5.25. The number of aromatic nitrogens is 1. The Morgan fingerprint density at radius 2 is 2.00 bits per heavy atom. The van der Waals surface area contributed by atoms with Gasteiger partial charge in [0, 0.05) is 19.0 Å². The SMILES string of the molecule is CC1(F)CC(Oc2ncc(C(C)(C)C)cc2F)C1. The fourth-order valence-electron chi connectivity index (χ4n) is 2.05. The molecule has 1 fully saturated rings. The number of ether oxygens (including phenoxy) is 1. The first kappa shape index (κ1) is 13.2. The standard InChI is InChI=1S/C14H19F2NO/c1-13(2,3)9-5-11(15)12(17-8-9)18-10-6-14(4,16)7-10/h5,8,10H,6-7H2,1-4H3. The fraction of sp³-hybridized carbons (Fsp3) is 0.643. The van der Waals surface area contributed by atoms with Crippen molar-refractivity contribution in [3.63, 3.8) is 0 Å². The van der Waals surface area contributed by atoms with Gasteiger partial charge >= 0.3 is 0 Å². The molecule has 0 atom stereocenters. The van der Waals surface area contributed by atoms with E-state index in [1.54, 1.807) is 6.20 Å². The maximum Gasteiger partial charge on any atom is 0.250 e. The molecule has 2 rings (SSSR count). The maximum absolute atomic E-state index is 13.8. The van der Waals surface area contributed by atoms with Crippen LogP contribution in [0.15, 0.2) is 12.3 Å². The van der Waals surface area contributed by atoms with Crippen LogP contribution in [0.4, 0.5) is 8.78 Å². The van der Waals surface area contributed by atoms with Crippen LogP contribution >= 0.6 is 0 Å². The molecule has 0 amide bonds. The third-order valence-corrected chi connectivity index (χ3v) is 3.26. The van der Waals surface area contributed by atoms with Crippen LogP contribution in [-0.4, -0.2) is 16.8 Å². The second-order valence-electron chi connectivity index (χ2n) is 6.32. The Labute approximate surface area is 106 Å². The Morgan fingerprint density at radius 3 is 2.44 bits per heavy atom. The van der Waals surface area contributed by atoms with Gasteiger partial charge in [0.2, 0.25) is 0 Å². The first-order valence-corrected chi connectivity index (χ1v) is 6.19. The Kier molecular flexibility index (Phi) is 3.07. The monoisotopic (exact) mass is 255 g/mol. The zero-order chi connectivity index (χ0) is 13.6. The Morgan fingerprint density at radius 1 is 1.39 bits per heavy atom. The minimum Gasteiger partial charge on any atom is -0.472 e. The minimum atomic E-state index is -1.17. The van der Waals surface area contributed by atoms with E-state index in [4.69, 9.17) is 4.74 Å². The zero-order valence-corrected chi connectivity index (χ0v) is 11.3. The van der Waals surface area contributed by atoms with Crippen LogP contribution in [0.2, 0.25) is 0 Å². The summed E-state index contributed by atoms with van der Waals surface area (Å²) in [6.07, 6.45) is 1.96. The van der Waals surface area contributed by atoms with Crippen molar-refractivity contribution in [2.24, 2.45) is 0 Å². The van der Waals surface area contributed by atoms with E-state index < -0.39 is 11.5 Å². The molecule has 1 aliphatic rings. The summed E-state index contributed by atoms with van der Waals surface area (Å²) in [5.74, 6) is -0.501. The summed E-state index contributed by atoms with van der Waals surface area (Å²) >= 11 is 0. The summed E-state index contributed by atoms with van der Waals surface area (Å²) in [7, 11) is 0. The molecular weight excluding hydrogens is 236 g/mol. The van der Waals surface area contributed by atoms with Crippen molar-refractivity contribution in [2.45, 2.75) is 57.7 Å². The molecule has 0 saturated heterocycles. The number of alkyl halides is 1. The summed E-state index contributed by atoms with van der Waals surface area (Å²) in [4.78, 5) is 3.99. The zero-order valence-electron chi connectivity index (χ0n) is 11.3. The Bertz CT molecular complexity index is 444. The molecule has 1 saturated carbocycles. The van der Waals surface area contributed by atoms with E-state index in [-0.39, 0.29) is 17.4 Å². The molecule has 0 N–H and O–H groups in total. The highest BCUT2D eigenvalue weighted by Crippen LogP contribution is 2.38. The van der Waals surface area contributed by atoms with Gasteiger partial charge in [0.1, 0.15) is 11.8 Å². The molecule has 0 aromatic carbocycles. The summed E-state index contributed by atoms with van der Waals surface area (Å²) in [6, 6.07) is 1.44. The fourth-order valence-corrected chi connectivity index (χ4v) is 2.05. The van der Waals surface area contributed by atoms with Gasteiger partial charge in [0.05, 0.1) is 0 Å². The number of rotatable bonds is 2. The van der Waals surface area contributed by atoms with Crippen molar-refractivity contribution in [1.29, 1.82) is 0 Å². The van der Waals surface area contributed by atoms with Crippen LogP contribution in [-0.2, 0) is 5.41 Å². The van der Waals surface area contributed by atoms with Crippen molar-refractivity contribution in [2.75, 3.05) is 0 Å². The number of hydrogen-bond acceptors (Lipinski definition) is 2. The molecule has 0 bridgehead atoms. The lowest BCUT2D eigenvalue weighted by atomic mass is 9.81. The van der Waals surface area contributed by atoms with Crippen LogP contribution in [0.3, 0.4) is 0 Å². The van der Waals surface area contributed by atoms with Gasteiger partial charge in [-0.25, -0.2) is 13.8 Å². The molecule has 4 heteroatoms. The highest BCUT2D eigenvalue weighted by Gasteiger charge is 2.42. The predicted molar refractivity (Wildman–Crippen MR) is 66.1 cm³/mol. The van der Waals surface area contributed by atoms with E-state index in [2.05, 4.69) is 4.98 Å². The van der Waals surface area contributed by atoms with E-state index in [0.717, 1.165) is 5.56 Å². The molecule has 0 aliphatic heterocycles. The Hall–Kier alpha value is -1.19. The first-order valence-electron chi connectivity index (χ1n) is 6.19. The van der Waals surface area contributed by atoms with Gasteiger partial charge in [0.25, 0.3) is 5.88 Å². The Balaban J connectivity index is 2.07. The van der Waals surface area contributed by atoms with Gasteiger partial charge in [-0.2, -0.15) is 0 Å². The van der Waals surface area contributed by atoms with Crippen LogP contribution in [0, 0.1) is 5.82 Å². The smallest absolute Gasteiger partial charge is 0.250 e. The molecule has 2 nitrogen and oxygen atoms in total. The van der Waals surface area contributed by atoms with Crippen LogP contribution in [0.5, 0.6) is 5.88 Å². The van der Waals surface area contributed by atoms with Crippen LogP contribution in [0.25, 0.3) is 0 Å². The van der Waals surface area contributed by atoms with Crippen LogP contribution in [0.1, 0.15) is 46.1 Å². The lowest BCUT2D eigenvalue weighted by molar-refractivity contribution is -0.0329. The third kappa shape index (κ3) is 2.79. The first-order chi connectivity index (χ1) is 8.17. The number of halogens is 2. The molecule has 100 valence electrons. The van der Waals surface area contributed by atoms with E-state index in [0.29, 0.717) is 12.8 Å². The van der Waals surface area contributed by atoms with Crippen molar-refractivity contribution >= 4 is 0 Å². The number of nitrogens with zero attached hydrogens (tertiary/aromatic N) is 1. The molecule has 1 aliphatic carbocycles. The lowest BCUT2D eigenvalue weighted by Crippen LogP contribution is -2.44. The van der Waals surface area contributed by atoms with Crippen molar-refractivity contribution in [3.05, 3.63) is 23.6 Å². The molecule has 0 spiro atoms. The van der Waals surface area contributed by atoms with Gasteiger partial charge in [-0.1, -0.05) is 20.8 Å². The van der Waals surface area contributed by atoms with E-state index in [1.807, 2.05) is 20.8 Å². The molecule has 0 unspecified atom stereocenters. The quantitative estimate of drug-likeness (QED) is 0.802. The average Bonchev–Trinajstić information content (AvgIpc) is 2.16. The normalized spacial score (nSPS) is 27.8. The predicted octanol–water partition coefficient (Wildman–Crippen LogP) is 3.79. The van der Waals surface area contributed by atoms with Crippen molar-refractivity contribution in [3.8, 4) is 5.88 Å². The largest absolute Gasteiger partial charge is 0.472 e. The summed E-state index contributed by atoms with van der Waals surface area (Å²) < 4.78 is 32.5. The van der Waals surface area contributed by atoms with E-state index >= 15 is 0 Å². The third-order valence-electron chi connectivity index (χ3n) is 3.26. The second-order valence-corrected chi connectivity index (χ2v) is 6.32. The van der Waals surface area contributed by atoms with Crippen molar-refractivity contribution in [1.82, 2.24) is 4.98 Å². The molecular formula is C14H19F2NO. The summed E-state index contributed by atoms with van der Waals surface area (Å²) in [6.45, 7) is 7.50. The minimum absolute atomic E-state index is 0.0245. The van der Waals surface area contributed by atoms with Gasteiger partial charge in [-0.15, -0.1) is 0 Å². The highest BCUT2D eigenvalue weighted by atomic mass is 19.1.